The minimum atomic E-state index is -4.74. The number of hydroxylamine groups is 1. The zero-order valence-electron chi connectivity index (χ0n) is 20.3. The SMILES string of the molecule is CSN1CCN(c2cccc(Cn3nc(C4N=C(c5ccc(OC(F)(F)F)cc5)NO4)nc3C)c2)CC1. The molecule has 2 aliphatic rings. The van der Waals surface area contributed by atoms with E-state index in [2.05, 4.69) is 65.0 Å². The molecule has 196 valence electrons. The van der Waals surface area contributed by atoms with Gasteiger partial charge < -0.3 is 9.64 Å². The predicted octanol–water partition coefficient (Wildman–Crippen LogP) is 3.91. The summed E-state index contributed by atoms with van der Waals surface area (Å²) in [6.45, 7) is 6.45. The summed E-state index contributed by atoms with van der Waals surface area (Å²) < 4.78 is 45.2. The molecule has 0 saturated carbocycles. The number of anilines is 1. The summed E-state index contributed by atoms with van der Waals surface area (Å²) in [6.07, 6.45) is -3.41. The molecule has 1 saturated heterocycles. The van der Waals surface area contributed by atoms with Gasteiger partial charge >= 0.3 is 6.36 Å². The van der Waals surface area contributed by atoms with Crippen molar-refractivity contribution in [2.75, 3.05) is 37.3 Å². The molecule has 1 aromatic heterocycles. The summed E-state index contributed by atoms with van der Waals surface area (Å²) in [7, 11) is 0. The first-order valence-electron chi connectivity index (χ1n) is 11.7. The van der Waals surface area contributed by atoms with Crippen LogP contribution in [0.15, 0.2) is 53.5 Å². The number of rotatable bonds is 7. The zero-order valence-corrected chi connectivity index (χ0v) is 21.1. The number of aliphatic imine (C=N–C) groups is 1. The fraction of sp³-hybridized carbons (Fsp3) is 0.375. The number of aromatic nitrogens is 3. The molecule has 1 unspecified atom stereocenters. The molecule has 1 N–H and O–H groups in total. The molecule has 0 bridgehead atoms. The largest absolute Gasteiger partial charge is 0.573 e. The normalized spacial score (nSPS) is 18.6. The topological polar surface area (TPSA) is 80.0 Å². The first kappa shape index (κ1) is 25.4. The minimum absolute atomic E-state index is 0.311. The van der Waals surface area contributed by atoms with Crippen LogP contribution in [-0.4, -0.2) is 63.7 Å². The summed E-state index contributed by atoms with van der Waals surface area (Å²) >= 11 is 1.79. The number of nitrogens with zero attached hydrogens (tertiary/aromatic N) is 6. The van der Waals surface area contributed by atoms with E-state index in [1.165, 1.54) is 30.0 Å². The Morgan fingerprint density at radius 2 is 1.86 bits per heavy atom. The maximum absolute atomic E-state index is 12.4. The van der Waals surface area contributed by atoms with E-state index in [1.807, 2.05) is 6.92 Å². The fourth-order valence-electron chi connectivity index (χ4n) is 4.19. The maximum atomic E-state index is 12.4. The maximum Gasteiger partial charge on any atom is 0.573 e. The lowest BCUT2D eigenvalue weighted by atomic mass is 10.1. The van der Waals surface area contributed by atoms with E-state index in [9.17, 15) is 13.2 Å². The zero-order chi connectivity index (χ0) is 26.0. The summed E-state index contributed by atoms with van der Waals surface area (Å²) in [5, 5.41) is 4.60. The average Bonchev–Trinajstić information content (AvgIpc) is 3.51. The van der Waals surface area contributed by atoms with Crippen molar-refractivity contribution in [2.24, 2.45) is 4.99 Å². The van der Waals surface area contributed by atoms with E-state index in [-0.39, 0.29) is 5.75 Å². The highest BCUT2D eigenvalue weighted by Crippen LogP contribution is 2.26. The number of halogens is 3. The fourth-order valence-corrected chi connectivity index (χ4v) is 4.72. The second-order valence-corrected chi connectivity index (χ2v) is 9.45. The number of ether oxygens (including phenoxy) is 1. The Balaban J connectivity index is 1.25. The van der Waals surface area contributed by atoms with Crippen LogP contribution in [0.4, 0.5) is 18.9 Å². The first-order valence-corrected chi connectivity index (χ1v) is 12.9. The van der Waals surface area contributed by atoms with E-state index in [1.54, 1.807) is 16.6 Å². The highest BCUT2D eigenvalue weighted by atomic mass is 32.2. The lowest BCUT2D eigenvalue weighted by Crippen LogP contribution is -2.43. The Morgan fingerprint density at radius 3 is 2.57 bits per heavy atom. The molecule has 13 heteroatoms. The molecule has 0 spiro atoms. The lowest BCUT2D eigenvalue weighted by Gasteiger charge is -2.34. The molecule has 1 atom stereocenters. The molecule has 2 aliphatic heterocycles. The second-order valence-electron chi connectivity index (χ2n) is 8.57. The van der Waals surface area contributed by atoms with Crippen LogP contribution in [-0.2, 0) is 11.4 Å². The van der Waals surface area contributed by atoms with Gasteiger partial charge in [0.2, 0.25) is 12.1 Å². The number of alkyl halides is 3. The molecule has 3 aromatic rings. The van der Waals surface area contributed by atoms with E-state index in [4.69, 9.17) is 4.84 Å². The standard InChI is InChI=1S/C24H26F3N7O2S/c1-16-28-22(23-29-21(31-36-23)18-6-8-20(9-7-18)35-24(25,26)27)30-34(16)15-17-4-3-5-19(14-17)32-10-12-33(37-2)13-11-32/h3-9,14,23H,10-13,15H2,1-2H3,(H,29,31). The van der Waals surface area contributed by atoms with Gasteiger partial charge in [0, 0.05) is 37.4 Å². The van der Waals surface area contributed by atoms with Crippen molar-refractivity contribution >= 4 is 23.5 Å². The van der Waals surface area contributed by atoms with Crippen LogP contribution in [0.5, 0.6) is 5.75 Å². The highest BCUT2D eigenvalue weighted by Gasteiger charge is 2.31. The van der Waals surface area contributed by atoms with Gasteiger partial charge in [-0.25, -0.2) is 29.3 Å². The molecule has 1 fully saturated rings. The van der Waals surface area contributed by atoms with Gasteiger partial charge in [0.15, 0.2) is 5.84 Å². The lowest BCUT2D eigenvalue weighted by molar-refractivity contribution is -0.274. The van der Waals surface area contributed by atoms with Crippen LogP contribution in [0.1, 0.15) is 29.0 Å². The first-order chi connectivity index (χ1) is 17.8. The third-order valence-corrected chi connectivity index (χ3v) is 6.96. The van der Waals surface area contributed by atoms with Gasteiger partial charge in [0.1, 0.15) is 11.6 Å². The molecule has 5 rings (SSSR count). The van der Waals surface area contributed by atoms with Gasteiger partial charge in [0.25, 0.3) is 0 Å². The van der Waals surface area contributed by atoms with Crippen molar-refractivity contribution in [1.29, 1.82) is 0 Å². The minimum Gasteiger partial charge on any atom is -0.406 e. The number of aryl methyl sites for hydroxylation is 1. The van der Waals surface area contributed by atoms with E-state index in [0.29, 0.717) is 23.8 Å². The number of nitrogens with one attached hydrogen (secondary N) is 1. The molecule has 0 amide bonds. The Labute approximate surface area is 216 Å². The van der Waals surface area contributed by atoms with Gasteiger partial charge in [-0.3, -0.25) is 0 Å². The van der Waals surface area contributed by atoms with Gasteiger partial charge in [-0.1, -0.05) is 24.1 Å². The smallest absolute Gasteiger partial charge is 0.406 e. The van der Waals surface area contributed by atoms with Crippen molar-refractivity contribution in [3.63, 3.8) is 0 Å². The van der Waals surface area contributed by atoms with Crippen LogP contribution < -0.4 is 15.1 Å². The van der Waals surface area contributed by atoms with Crippen molar-refractivity contribution in [1.82, 2.24) is 24.5 Å². The molecule has 2 aromatic carbocycles. The Bertz CT molecular complexity index is 1260. The third kappa shape index (κ3) is 6.17. The van der Waals surface area contributed by atoms with E-state index in [0.717, 1.165) is 37.6 Å². The van der Waals surface area contributed by atoms with Crippen molar-refractivity contribution < 1.29 is 22.7 Å². The van der Waals surface area contributed by atoms with Crippen LogP contribution in [0.2, 0.25) is 0 Å². The number of benzene rings is 2. The van der Waals surface area contributed by atoms with Crippen LogP contribution in [0, 0.1) is 6.92 Å². The van der Waals surface area contributed by atoms with Crippen LogP contribution >= 0.6 is 11.9 Å². The van der Waals surface area contributed by atoms with E-state index >= 15 is 0 Å². The quantitative estimate of drug-likeness (QED) is 0.458. The van der Waals surface area contributed by atoms with Gasteiger partial charge in [-0.05, 0) is 55.1 Å². The summed E-state index contributed by atoms with van der Waals surface area (Å²) in [4.78, 5) is 16.9. The molecule has 9 nitrogen and oxygen atoms in total. The van der Waals surface area contributed by atoms with Crippen molar-refractivity contribution in [3.8, 4) is 5.75 Å². The van der Waals surface area contributed by atoms with Crippen LogP contribution in [0.3, 0.4) is 0 Å². The van der Waals surface area contributed by atoms with Crippen molar-refractivity contribution in [3.05, 3.63) is 71.3 Å². The monoisotopic (exact) mass is 533 g/mol. The number of hydrogen-bond donors (Lipinski definition) is 1. The van der Waals surface area contributed by atoms with Crippen molar-refractivity contribution in [2.45, 2.75) is 26.1 Å². The number of amidine groups is 1. The Kier molecular flexibility index (Phi) is 7.26. The summed E-state index contributed by atoms with van der Waals surface area (Å²) in [6, 6.07) is 13.8. The predicted molar refractivity (Wildman–Crippen MR) is 134 cm³/mol. The molecule has 0 aliphatic carbocycles. The molecule has 3 heterocycles. The number of piperazine rings is 1. The van der Waals surface area contributed by atoms with Crippen LogP contribution in [0.25, 0.3) is 0 Å². The number of hydrogen-bond acceptors (Lipinski definition) is 9. The summed E-state index contributed by atoms with van der Waals surface area (Å²) in [5.74, 6) is 1.16. The second kappa shape index (κ2) is 10.6. The van der Waals surface area contributed by atoms with Gasteiger partial charge in [-0.2, -0.15) is 5.10 Å². The highest BCUT2D eigenvalue weighted by molar-refractivity contribution is 7.96. The third-order valence-electron chi connectivity index (χ3n) is 6.07. The molecular weight excluding hydrogens is 507 g/mol. The molecule has 37 heavy (non-hydrogen) atoms. The van der Waals surface area contributed by atoms with Gasteiger partial charge in [0.05, 0.1) is 6.54 Å². The van der Waals surface area contributed by atoms with E-state index < -0.39 is 12.6 Å². The average molecular weight is 534 g/mol. The molecular formula is C24H26F3N7O2S. The Morgan fingerprint density at radius 1 is 1.11 bits per heavy atom. The summed E-state index contributed by atoms with van der Waals surface area (Å²) in [5.41, 5.74) is 5.56. The van der Waals surface area contributed by atoms with Gasteiger partial charge in [-0.15, -0.1) is 13.2 Å². The Hall–Kier alpha value is -3.29. The molecule has 0 radical (unpaired) electrons.